The second kappa shape index (κ2) is 11.7. The van der Waals surface area contributed by atoms with Crippen molar-refractivity contribution in [2.24, 2.45) is 0 Å². The number of nitrogens with one attached hydrogen (secondary N) is 2. The molecule has 1 saturated heterocycles. The number of hydrogen-bond donors (Lipinski definition) is 2. The first-order valence-electron chi connectivity index (χ1n) is 8.27. The summed E-state index contributed by atoms with van der Waals surface area (Å²) < 4.78 is 5.51. The summed E-state index contributed by atoms with van der Waals surface area (Å²) in [7, 11) is 1.78. The van der Waals surface area contributed by atoms with Gasteiger partial charge in [0.15, 0.2) is 0 Å². The number of ether oxygens (including phenoxy) is 1. The van der Waals surface area contributed by atoms with Gasteiger partial charge in [-0.3, -0.25) is 14.5 Å². The van der Waals surface area contributed by atoms with Crippen LogP contribution in [0.4, 0.5) is 0 Å². The Labute approximate surface area is 155 Å². The van der Waals surface area contributed by atoms with Crippen molar-refractivity contribution in [2.75, 3.05) is 59.5 Å². The molecule has 1 fully saturated rings. The molecular weight excluding hydrogens is 344 g/mol. The summed E-state index contributed by atoms with van der Waals surface area (Å²) >= 11 is 0. The molecule has 0 aromatic heterocycles. The number of rotatable bonds is 8. The van der Waals surface area contributed by atoms with Gasteiger partial charge in [0.05, 0.1) is 19.6 Å². The highest BCUT2D eigenvalue weighted by Crippen LogP contribution is 2.07. The lowest BCUT2D eigenvalue weighted by molar-refractivity contribution is -0.133. The molecule has 2 amide bonds. The molecule has 0 radical (unpaired) electrons. The van der Waals surface area contributed by atoms with Crippen molar-refractivity contribution < 1.29 is 14.3 Å². The lowest BCUT2D eigenvalue weighted by Crippen LogP contribution is -2.50. The van der Waals surface area contributed by atoms with Gasteiger partial charge in [0.2, 0.25) is 11.8 Å². The van der Waals surface area contributed by atoms with Gasteiger partial charge in [-0.1, -0.05) is 18.2 Å². The zero-order valence-electron chi connectivity index (χ0n) is 14.6. The molecule has 140 valence electrons. The molecule has 25 heavy (non-hydrogen) atoms. The van der Waals surface area contributed by atoms with Crippen LogP contribution in [0.5, 0.6) is 5.75 Å². The topological polar surface area (TPSA) is 73.9 Å². The number of hydrogen-bond acceptors (Lipinski definition) is 5. The van der Waals surface area contributed by atoms with Crippen molar-refractivity contribution in [1.82, 2.24) is 20.4 Å². The molecule has 0 saturated carbocycles. The van der Waals surface area contributed by atoms with Crippen LogP contribution in [0.15, 0.2) is 30.3 Å². The fourth-order valence-corrected chi connectivity index (χ4v) is 2.48. The van der Waals surface area contributed by atoms with Gasteiger partial charge >= 0.3 is 0 Å². The Morgan fingerprint density at radius 1 is 1.20 bits per heavy atom. The SMILES string of the molecule is CN(CC(=O)NCCOc1ccccc1)CC(=O)N1CCNCC1.Cl. The third-order valence-electron chi connectivity index (χ3n) is 3.72. The minimum absolute atomic E-state index is 0. The van der Waals surface area contributed by atoms with Gasteiger partial charge in [-0.05, 0) is 19.2 Å². The molecule has 1 aliphatic rings. The van der Waals surface area contributed by atoms with Crippen molar-refractivity contribution in [3.63, 3.8) is 0 Å². The highest BCUT2D eigenvalue weighted by Gasteiger charge is 2.18. The average molecular weight is 371 g/mol. The predicted octanol–water partition coefficient (Wildman–Crippen LogP) is -0.0330. The third kappa shape index (κ3) is 8.20. The van der Waals surface area contributed by atoms with E-state index in [0.717, 1.165) is 31.9 Å². The Kier molecular flexibility index (Phi) is 9.91. The number of likely N-dealkylation sites (N-methyl/N-ethyl adjacent to an activating group) is 1. The van der Waals surface area contributed by atoms with Gasteiger partial charge in [-0.2, -0.15) is 0 Å². The molecule has 1 aromatic rings. The quantitative estimate of drug-likeness (QED) is 0.628. The number of amides is 2. The lowest BCUT2D eigenvalue weighted by Gasteiger charge is -2.29. The summed E-state index contributed by atoms with van der Waals surface area (Å²) in [5.74, 6) is 0.743. The molecule has 0 spiro atoms. The lowest BCUT2D eigenvalue weighted by atomic mass is 10.3. The summed E-state index contributed by atoms with van der Waals surface area (Å²) in [5.41, 5.74) is 0. The van der Waals surface area contributed by atoms with Crippen LogP contribution in [0.1, 0.15) is 0 Å². The van der Waals surface area contributed by atoms with Gasteiger partial charge in [0, 0.05) is 26.2 Å². The average Bonchev–Trinajstić information content (AvgIpc) is 2.60. The van der Waals surface area contributed by atoms with Crippen LogP contribution < -0.4 is 15.4 Å². The molecule has 0 atom stereocenters. The fourth-order valence-electron chi connectivity index (χ4n) is 2.48. The van der Waals surface area contributed by atoms with E-state index in [2.05, 4.69) is 10.6 Å². The Balaban J connectivity index is 0.00000312. The monoisotopic (exact) mass is 370 g/mol. The van der Waals surface area contributed by atoms with Crippen molar-refractivity contribution in [3.8, 4) is 5.75 Å². The van der Waals surface area contributed by atoms with E-state index in [0.29, 0.717) is 13.2 Å². The van der Waals surface area contributed by atoms with Crippen molar-refractivity contribution >= 4 is 24.2 Å². The molecule has 0 unspecified atom stereocenters. The number of benzene rings is 1. The molecule has 1 heterocycles. The summed E-state index contributed by atoms with van der Waals surface area (Å²) in [6.07, 6.45) is 0. The Morgan fingerprint density at radius 3 is 2.56 bits per heavy atom. The standard InChI is InChI=1S/C17H26N4O3.ClH/c1-20(14-17(23)21-10-7-18-8-11-21)13-16(22)19-9-12-24-15-5-3-2-4-6-15;/h2-6,18H,7-14H2,1H3,(H,19,22);1H. The first kappa shape index (κ1) is 21.2. The van der Waals surface area contributed by atoms with Gasteiger partial charge in [0.1, 0.15) is 12.4 Å². The van der Waals surface area contributed by atoms with E-state index in [9.17, 15) is 9.59 Å². The maximum Gasteiger partial charge on any atom is 0.236 e. The van der Waals surface area contributed by atoms with Crippen LogP contribution in [0.25, 0.3) is 0 Å². The van der Waals surface area contributed by atoms with Gasteiger partial charge in [0.25, 0.3) is 0 Å². The van der Waals surface area contributed by atoms with Gasteiger partial charge < -0.3 is 20.3 Å². The summed E-state index contributed by atoms with van der Waals surface area (Å²) in [6.45, 7) is 4.43. The minimum Gasteiger partial charge on any atom is -0.492 e. The minimum atomic E-state index is -0.109. The van der Waals surface area contributed by atoms with E-state index in [1.807, 2.05) is 35.2 Å². The molecular formula is C17H27ClN4O3. The van der Waals surface area contributed by atoms with E-state index >= 15 is 0 Å². The molecule has 1 aromatic carbocycles. The van der Waals surface area contributed by atoms with Crippen LogP contribution in [0.2, 0.25) is 0 Å². The maximum atomic E-state index is 12.1. The molecule has 7 nitrogen and oxygen atoms in total. The van der Waals surface area contributed by atoms with Gasteiger partial charge in [-0.15, -0.1) is 12.4 Å². The molecule has 1 aliphatic heterocycles. The zero-order chi connectivity index (χ0) is 17.2. The molecule has 2 N–H and O–H groups in total. The number of piperazine rings is 1. The Hall–Kier alpha value is -1.83. The molecule has 2 rings (SSSR count). The maximum absolute atomic E-state index is 12.1. The normalized spacial score (nSPS) is 13.9. The van der Waals surface area contributed by atoms with E-state index in [1.165, 1.54) is 0 Å². The number of carbonyl (C=O) groups is 2. The second-order valence-electron chi connectivity index (χ2n) is 5.81. The van der Waals surface area contributed by atoms with Crippen LogP contribution in [-0.2, 0) is 9.59 Å². The third-order valence-corrected chi connectivity index (χ3v) is 3.72. The number of carbonyl (C=O) groups excluding carboxylic acids is 2. The molecule has 0 bridgehead atoms. The van der Waals surface area contributed by atoms with Crippen LogP contribution >= 0.6 is 12.4 Å². The summed E-state index contributed by atoms with van der Waals surface area (Å²) in [4.78, 5) is 27.6. The first-order valence-corrected chi connectivity index (χ1v) is 8.27. The van der Waals surface area contributed by atoms with E-state index < -0.39 is 0 Å². The van der Waals surface area contributed by atoms with E-state index in [4.69, 9.17) is 4.74 Å². The van der Waals surface area contributed by atoms with E-state index in [1.54, 1.807) is 11.9 Å². The zero-order valence-corrected chi connectivity index (χ0v) is 15.4. The summed E-state index contributed by atoms with van der Waals surface area (Å²) in [6, 6.07) is 9.47. The number of nitrogens with zero attached hydrogens (tertiary/aromatic N) is 2. The largest absolute Gasteiger partial charge is 0.492 e. The molecule has 8 heteroatoms. The fraction of sp³-hybridized carbons (Fsp3) is 0.529. The first-order chi connectivity index (χ1) is 11.6. The van der Waals surface area contributed by atoms with E-state index in [-0.39, 0.29) is 37.3 Å². The van der Waals surface area contributed by atoms with Crippen LogP contribution in [0, 0.1) is 0 Å². The number of para-hydroxylation sites is 1. The highest BCUT2D eigenvalue weighted by molar-refractivity contribution is 5.85. The van der Waals surface area contributed by atoms with Crippen molar-refractivity contribution in [2.45, 2.75) is 0 Å². The Morgan fingerprint density at radius 2 is 1.88 bits per heavy atom. The van der Waals surface area contributed by atoms with Gasteiger partial charge in [-0.25, -0.2) is 0 Å². The van der Waals surface area contributed by atoms with Crippen molar-refractivity contribution in [3.05, 3.63) is 30.3 Å². The van der Waals surface area contributed by atoms with Crippen LogP contribution in [0.3, 0.4) is 0 Å². The summed E-state index contributed by atoms with van der Waals surface area (Å²) in [5, 5.41) is 6.01. The smallest absolute Gasteiger partial charge is 0.236 e. The highest BCUT2D eigenvalue weighted by atomic mass is 35.5. The Bertz CT molecular complexity index is 524. The molecule has 0 aliphatic carbocycles. The second-order valence-corrected chi connectivity index (χ2v) is 5.81. The van der Waals surface area contributed by atoms with Crippen molar-refractivity contribution in [1.29, 1.82) is 0 Å². The number of halogens is 1. The predicted molar refractivity (Wildman–Crippen MR) is 99.1 cm³/mol. The van der Waals surface area contributed by atoms with Crippen LogP contribution in [-0.4, -0.2) is 81.1 Å².